The van der Waals surface area contributed by atoms with Gasteiger partial charge in [0.05, 0.1) is 4.90 Å². The van der Waals surface area contributed by atoms with Crippen molar-refractivity contribution in [1.29, 1.82) is 0 Å². The summed E-state index contributed by atoms with van der Waals surface area (Å²) in [5.41, 5.74) is 2.14. The molecule has 0 unspecified atom stereocenters. The third-order valence-electron chi connectivity index (χ3n) is 3.44. The maximum absolute atomic E-state index is 13.0. The van der Waals surface area contributed by atoms with E-state index in [9.17, 15) is 8.42 Å². The lowest BCUT2D eigenvalue weighted by Gasteiger charge is -2.09. The molecule has 0 aliphatic heterocycles. The third-order valence-corrected chi connectivity index (χ3v) is 7.03. The zero-order valence-corrected chi connectivity index (χ0v) is 16.4. The second-order valence-electron chi connectivity index (χ2n) is 5.01. The van der Waals surface area contributed by atoms with Crippen LogP contribution in [0.3, 0.4) is 0 Å². The number of hydrogen-bond donors (Lipinski definition) is 0. The van der Waals surface area contributed by atoms with E-state index in [-0.39, 0.29) is 4.90 Å². The topological polar surface area (TPSA) is 52.0 Å². The quantitative estimate of drug-likeness (QED) is 0.504. The van der Waals surface area contributed by atoms with E-state index in [0.717, 1.165) is 19.0 Å². The first-order chi connectivity index (χ1) is 10.3. The highest BCUT2D eigenvalue weighted by Gasteiger charge is 2.25. The van der Waals surface area contributed by atoms with Gasteiger partial charge in [-0.2, -0.15) is 0 Å². The Labute approximate surface area is 150 Å². The fourth-order valence-corrected chi connectivity index (χ4v) is 4.96. The van der Waals surface area contributed by atoms with Crippen LogP contribution in [0.4, 0.5) is 0 Å². The minimum absolute atomic E-state index is 0.263. The predicted molar refractivity (Wildman–Crippen MR) is 98.6 cm³/mol. The Morgan fingerprint density at radius 3 is 2.45 bits per heavy atom. The Kier molecular flexibility index (Phi) is 4.07. The van der Waals surface area contributed by atoms with Gasteiger partial charge in [0.25, 0.3) is 10.0 Å². The van der Waals surface area contributed by atoms with E-state index in [4.69, 9.17) is 0 Å². The Hall–Kier alpha value is -0.930. The number of hydrogen-bond acceptors (Lipinski definition) is 3. The molecule has 0 amide bonds. The zero-order chi connectivity index (χ0) is 16.1. The molecular weight excluding hydrogens is 479 g/mol. The molecule has 0 aliphatic rings. The fourth-order valence-electron chi connectivity index (χ4n) is 2.31. The number of benzene rings is 1. The molecule has 0 atom stereocenters. The number of nitrogens with zero attached hydrogens (tertiary/aromatic N) is 2. The van der Waals surface area contributed by atoms with Gasteiger partial charge in [-0.3, -0.25) is 0 Å². The van der Waals surface area contributed by atoms with Crippen molar-refractivity contribution in [3.8, 4) is 0 Å². The van der Waals surface area contributed by atoms with Crippen LogP contribution in [-0.4, -0.2) is 17.4 Å². The molecule has 0 radical (unpaired) electrons. The summed E-state index contributed by atoms with van der Waals surface area (Å²) < 4.78 is 29.0. The highest BCUT2D eigenvalue weighted by atomic mass is 127. The van der Waals surface area contributed by atoms with Crippen LogP contribution < -0.4 is 0 Å². The number of rotatable bonds is 2. The van der Waals surface area contributed by atoms with Crippen LogP contribution in [0.5, 0.6) is 0 Å². The Morgan fingerprint density at radius 1 is 1.18 bits per heavy atom. The van der Waals surface area contributed by atoms with Gasteiger partial charge in [-0.15, -0.1) is 0 Å². The Morgan fingerprint density at radius 2 is 1.82 bits per heavy atom. The molecule has 2 heterocycles. The zero-order valence-electron chi connectivity index (χ0n) is 11.8. The van der Waals surface area contributed by atoms with Gasteiger partial charge in [0.15, 0.2) is 5.65 Å². The normalized spacial score (nSPS) is 12.0. The maximum Gasteiger partial charge on any atom is 0.269 e. The number of pyridine rings is 1. The van der Waals surface area contributed by atoms with Crippen LogP contribution in [0, 0.1) is 17.4 Å². The van der Waals surface area contributed by atoms with Crippen molar-refractivity contribution in [3.63, 3.8) is 0 Å². The third kappa shape index (κ3) is 2.48. The van der Waals surface area contributed by atoms with E-state index < -0.39 is 10.0 Å². The van der Waals surface area contributed by atoms with E-state index in [1.807, 2.05) is 13.0 Å². The predicted octanol–water partition coefficient (Wildman–Crippen LogP) is 4.26. The monoisotopic (exact) mass is 490 g/mol. The summed E-state index contributed by atoms with van der Waals surface area (Å²) in [6.07, 6.45) is 1.61. The summed E-state index contributed by atoms with van der Waals surface area (Å²) >= 11 is 5.54. The SMILES string of the molecule is Cc1ccc(S(=O)(=O)n2c(C)c(I)c3cc(Br)cnc32)cc1. The van der Waals surface area contributed by atoms with Gasteiger partial charge in [0, 0.05) is 25.3 Å². The molecule has 22 heavy (non-hydrogen) atoms. The van der Waals surface area contributed by atoms with Gasteiger partial charge in [0.1, 0.15) is 0 Å². The van der Waals surface area contributed by atoms with Crippen LogP contribution in [0.15, 0.2) is 45.9 Å². The lowest BCUT2D eigenvalue weighted by Crippen LogP contribution is -2.15. The van der Waals surface area contributed by atoms with Crippen molar-refractivity contribution in [2.75, 3.05) is 0 Å². The number of aromatic nitrogens is 2. The van der Waals surface area contributed by atoms with Crippen LogP contribution in [0.25, 0.3) is 11.0 Å². The molecule has 0 saturated carbocycles. The van der Waals surface area contributed by atoms with Gasteiger partial charge in [-0.05, 0) is 70.6 Å². The molecule has 3 aromatic rings. The second-order valence-corrected chi connectivity index (χ2v) is 8.79. The van der Waals surface area contributed by atoms with E-state index in [1.165, 1.54) is 3.97 Å². The molecule has 114 valence electrons. The molecule has 2 aromatic heterocycles. The first-order valence-corrected chi connectivity index (χ1v) is 9.78. The van der Waals surface area contributed by atoms with Crippen molar-refractivity contribution in [2.45, 2.75) is 18.7 Å². The van der Waals surface area contributed by atoms with Crippen molar-refractivity contribution in [3.05, 3.63) is 55.8 Å². The molecule has 0 N–H and O–H groups in total. The standard InChI is InChI=1S/C15H12BrIN2O2S/c1-9-3-5-12(6-4-9)22(20,21)19-10(2)14(17)13-7-11(16)8-18-15(13)19/h3-8H,1-2H3. The highest BCUT2D eigenvalue weighted by molar-refractivity contribution is 14.1. The highest BCUT2D eigenvalue weighted by Crippen LogP contribution is 2.31. The van der Waals surface area contributed by atoms with Gasteiger partial charge < -0.3 is 0 Å². The molecular formula is C15H12BrIN2O2S. The largest absolute Gasteiger partial charge is 0.269 e. The number of fused-ring (bicyclic) bond motifs is 1. The molecule has 0 bridgehead atoms. The van der Waals surface area contributed by atoms with E-state index in [1.54, 1.807) is 37.4 Å². The maximum atomic E-state index is 13.0. The average molecular weight is 491 g/mol. The summed E-state index contributed by atoms with van der Waals surface area (Å²) in [5, 5.41) is 0.822. The van der Waals surface area contributed by atoms with Gasteiger partial charge in [-0.1, -0.05) is 17.7 Å². The number of halogens is 2. The molecule has 4 nitrogen and oxygen atoms in total. The molecule has 1 aromatic carbocycles. The fraction of sp³-hybridized carbons (Fsp3) is 0.133. The molecule has 7 heteroatoms. The lowest BCUT2D eigenvalue weighted by atomic mass is 10.2. The van der Waals surface area contributed by atoms with Crippen molar-refractivity contribution in [2.24, 2.45) is 0 Å². The van der Waals surface area contributed by atoms with Crippen LogP contribution in [0.1, 0.15) is 11.3 Å². The minimum Gasteiger partial charge on any atom is -0.236 e. The molecule has 0 spiro atoms. The average Bonchev–Trinajstić information content (AvgIpc) is 2.72. The summed E-state index contributed by atoms with van der Waals surface area (Å²) in [4.78, 5) is 4.57. The summed E-state index contributed by atoms with van der Waals surface area (Å²) in [6.45, 7) is 3.72. The van der Waals surface area contributed by atoms with Crippen LogP contribution in [-0.2, 0) is 10.0 Å². The molecule has 3 rings (SSSR count). The summed E-state index contributed by atoms with van der Waals surface area (Å²) in [5.74, 6) is 0. The number of aryl methyl sites for hydroxylation is 1. The Balaban J connectivity index is 2.34. The van der Waals surface area contributed by atoms with Gasteiger partial charge in [-0.25, -0.2) is 17.4 Å². The van der Waals surface area contributed by atoms with Crippen LogP contribution in [0.2, 0.25) is 0 Å². The first-order valence-electron chi connectivity index (χ1n) is 6.46. The first kappa shape index (κ1) is 15.9. The summed E-state index contributed by atoms with van der Waals surface area (Å²) in [7, 11) is -3.67. The molecule has 0 fully saturated rings. The van der Waals surface area contributed by atoms with Gasteiger partial charge in [0.2, 0.25) is 0 Å². The lowest BCUT2D eigenvalue weighted by molar-refractivity contribution is 0.587. The second kappa shape index (κ2) is 5.61. The van der Waals surface area contributed by atoms with E-state index in [2.05, 4.69) is 43.5 Å². The Bertz CT molecular complexity index is 979. The van der Waals surface area contributed by atoms with Crippen molar-refractivity contribution in [1.82, 2.24) is 8.96 Å². The van der Waals surface area contributed by atoms with Crippen LogP contribution >= 0.6 is 38.5 Å². The minimum atomic E-state index is -3.67. The van der Waals surface area contributed by atoms with E-state index >= 15 is 0 Å². The molecule has 0 aliphatic carbocycles. The summed E-state index contributed by atoms with van der Waals surface area (Å²) in [6, 6.07) is 8.73. The molecule has 0 saturated heterocycles. The smallest absolute Gasteiger partial charge is 0.236 e. The van der Waals surface area contributed by atoms with E-state index in [0.29, 0.717) is 11.3 Å². The van der Waals surface area contributed by atoms with Gasteiger partial charge >= 0.3 is 0 Å². The van der Waals surface area contributed by atoms with Crippen molar-refractivity contribution >= 4 is 59.6 Å². The van der Waals surface area contributed by atoms with Crippen molar-refractivity contribution < 1.29 is 8.42 Å².